The first-order valence-corrected chi connectivity index (χ1v) is 5.98. The van der Waals surface area contributed by atoms with Crippen molar-refractivity contribution in [2.24, 2.45) is 0 Å². The van der Waals surface area contributed by atoms with Crippen molar-refractivity contribution in [3.05, 3.63) is 36.4 Å². The highest BCUT2D eigenvalue weighted by molar-refractivity contribution is 5.66. The van der Waals surface area contributed by atoms with Crippen molar-refractivity contribution >= 4 is 11.9 Å². The SMILES string of the molecule is CCCC(=O)O.CCCC(=O)O.c1ccccc1. The third-order valence-electron chi connectivity index (χ3n) is 1.59. The van der Waals surface area contributed by atoms with Crippen molar-refractivity contribution in [2.45, 2.75) is 39.5 Å². The summed E-state index contributed by atoms with van der Waals surface area (Å²) in [5, 5.41) is 15.8. The van der Waals surface area contributed by atoms with E-state index >= 15 is 0 Å². The standard InChI is InChI=1S/C6H6.2C4H8O2/c1-2-4-6-5-3-1;2*1-2-3-4(5)6/h1-6H;2*2-3H2,1H3,(H,5,6). The first kappa shape index (κ1) is 18.5. The van der Waals surface area contributed by atoms with E-state index in [2.05, 4.69) is 0 Å². The van der Waals surface area contributed by atoms with E-state index in [-0.39, 0.29) is 0 Å². The van der Waals surface area contributed by atoms with Gasteiger partial charge in [0.25, 0.3) is 0 Å². The molecule has 0 spiro atoms. The quantitative estimate of drug-likeness (QED) is 0.863. The largest absolute Gasteiger partial charge is 0.481 e. The van der Waals surface area contributed by atoms with Crippen molar-refractivity contribution in [1.29, 1.82) is 0 Å². The van der Waals surface area contributed by atoms with Gasteiger partial charge in [-0.1, -0.05) is 50.2 Å². The highest BCUT2D eigenvalue weighted by Gasteiger charge is 1.88. The van der Waals surface area contributed by atoms with Gasteiger partial charge in [-0.2, -0.15) is 0 Å². The van der Waals surface area contributed by atoms with Gasteiger partial charge in [-0.15, -0.1) is 0 Å². The smallest absolute Gasteiger partial charge is 0.303 e. The Hall–Kier alpha value is -1.84. The van der Waals surface area contributed by atoms with E-state index in [0.717, 1.165) is 12.8 Å². The molecule has 1 aromatic carbocycles. The number of benzene rings is 1. The molecular weight excluding hydrogens is 232 g/mol. The molecule has 1 aromatic rings. The second-order valence-electron chi connectivity index (χ2n) is 3.44. The summed E-state index contributed by atoms with van der Waals surface area (Å²) in [6, 6.07) is 12.0. The Bertz CT molecular complexity index is 253. The molecule has 0 aromatic heterocycles. The van der Waals surface area contributed by atoms with E-state index in [1.54, 1.807) is 0 Å². The molecule has 1 rings (SSSR count). The van der Waals surface area contributed by atoms with E-state index < -0.39 is 11.9 Å². The first-order chi connectivity index (χ1) is 8.54. The highest BCUT2D eigenvalue weighted by Crippen LogP contribution is 1.82. The lowest BCUT2D eigenvalue weighted by Gasteiger charge is -1.79. The van der Waals surface area contributed by atoms with Gasteiger partial charge in [0.2, 0.25) is 0 Å². The minimum atomic E-state index is -0.711. The van der Waals surface area contributed by atoms with Crippen LogP contribution in [0.3, 0.4) is 0 Å². The number of carboxylic acid groups (broad SMARTS) is 2. The second kappa shape index (κ2) is 15.2. The minimum absolute atomic E-state index is 0.292. The van der Waals surface area contributed by atoms with E-state index in [1.807, 2.05) is 50.2 Å². The van der Waals surface area contributed by atoms with Gasteiger partial charge in [-0.3, -0.25) is 9.59 Å². The molecule has 18 heavy (non-hydrogen) atoms. The van der Waals surface area contributed by atoms with E-state index in [4.69, 9.17) is 10.2 Å². The lowest BCUT2D eigenvalue weighted by molar-refractivity contribution is -0.138. The Morgan fingerprint density at radius 3 is 1.00 bits per heavy atom. The van der Waals surface area contributed by atoms with Crippen LogP contribution in [-0.4, -0.2) is 22.2 Å². The van der Waals surface area contributed by atoms with E-state index in [9.17, 15) is 9.59 Å². The Morgan fingerprint density at radius 2 is 0.944 bits per heavy atom. The Kier molecular flexibility index (Phi) is 15.6. The molecule has 0 aliphatic carbocycles. The molecule has 4 nitrogen and oxygen atoms in total. The molecule has 0 atom stereocenters. The average molecular weight is 254 g/mol. The maximum Gasteiger partial charge on any atom is 0.303 e. The van der Waals surface area contributed by atoms with Crippen molar-refractivity contribution in [1.82, 2.24) is 0 Å². The Morgan fingerprint density at radius 1 is 0.722 bits per heavy atom. The zero-order valence-electron chi connectivity index (χ0n) is 11.0. The third kappa shape index (κ3) is 23.8. The predicted octanol–water partition coefficient (Wildman–Crippen LogP) is 3.43. The zero-order valence-corrected chi connectivity index (χ0v) is 11.0. The molecule has 0 heterocycles. The van der Waals surface area contributed by atoms with Gasteiger partial charge in [0.1, 0.15) is 0 Å². The molecule has 0 radical (unpaired) electrons. The van der Waals surface area contributed by atoms with Crippen LogP contribution in [0.25, 0.3) is 0 Å². The van der Waals surface area contributed by atoms with Gasteiger partial charge in [0.05, 0.1) is 0 Å². The molecule has 0 saturated heterocycles. The van der Waals surface area contributed by atoms with E-state index in [0.29, 0.717) is 12.8 Å². The van der Waals surface area contributed by atoms with Crippen LogP contribution in [0.15, 0.2) is 36.4 Å². The van der Waals surface area contributed by atoms with Crippen molar-refractivity contribution in [2.75, 3.05) is 0 Å². The molecule has 0 fully saturated rings. The van der Waals surface area contributed by atoms with Crippen LogP contribution in [0.4, 0.5) is 0 Å². The minimum Gasteiger partial charge on any atom is -0.481 e. The molecule has 0 bridgehead atoms. The highest BCUT2D eigenvalue weighted by atomic mass is 16.4. The van der Waals surface area contributed by atoms with Crippen molar-refractivity contribution in [3.8, 4) is 0 Å². The Balaban J connectivity index is 0. The van der Waals surface area contributed by atoms with Gasteiger partial charge < -0.3 is 10.2 Å². The van der Waals surface area contributed by atoms with Gasteiger partial charge in [0.15, 0.2) is 0 Å². The molecule has 102 valence electrons. The molecule has 0 amide bonds. The molecule has 0 saturated carbocycles. The van der Waals surface area contributed by atoms with E-state index in [1.165, 1.54) is 0 Å². The van der Waals surface area contributed by atoms with Crippen LogP contribution in [-0.2, 0) is 9.59 Å². The topological polar surface area (TPSA) is 74.6 Å². The second-order valence-corrected chi connectivity index (χ2v) is 3.44. The summed E-state index contributed by atoms with van der Waals surface area (Å²) in [4.78, 5) is 19.2. The Labute approximate surface area is 108 Å². The molecule has 0 unspecified atom stereocenters. The van der Waals surface area contributed by atoms with Gasteiger partial charge in [0, 0.05) is 12.8 Å². The normalized spacial score (nSPS) is 8.11. The van der Waals surface area contributed by atoms with Crippen LogP contribution >= 0.6 is 0 Å². The molecule has 2 N–H and O–H groups in total. The van der Waals surface area contributed by atoms with Gasteiger partial charge in [-0.05, 0) is 12.8 Å². The van der Waals surface area contributed by atoms with Crippen LogP contribution in [0.5, 0.6) is 0 Å². The lowest BCUT2D eigenvalue weighted by Crippen LogP contribution is -1.90. The summed E-state index contributed by atoms with van der Waals surface area (Å²) in [6.45, 7) is 3.68. The molecular formula is C14H22O4. The summed E-state index contributed by atoms with van der Waals surface area (Å²) >= 11 is 0. The maximum atomic E-state index is 9.60. The number of rotatable bonds is 4. The van der Waals surface area contributed by atoms with Crippen LogP contribution in [0.1, 0.15) is 39.5 Å². The number of hydrogen-bond donors (Lipinski definition) is 2. The third-order valence-corrected chi connectivity index (χ3v) is 1.59. The molecule has 0 aliphatic heterocycles. The summed E-state index contributed by atoms with van der Waals surface area (Å²) in [5.41, 5.74) is 0. The summed E-state index contributed by atoms with van der Waals surface area (Å²) < 4.78 is 0. The monoisotopic (exact) mass is 254 g/mol. The summed E-state index contributed by atoms with van der Waals surface area (Å²) in [7, 11) is 0. The van der Waals surface area contributed by atoms with Crippen LogP contribution in [0, 0.1) is 0 Å². The number of carboxylic acids is 2. The van der Waals surface area contributed by atoms with Gasteiger partial charge in [-0.25, -0.2) is 0 Å². The zero-order chi connectivity index (χ0) is 14.2. The predicted molar refractivity (Wildman–Crippen MR) is 71.5 cm³/mol. The summed E-state index contributed by atoms with van der Waals surface area (Å²) in [5.74, 6) is -1.42. The fraction of sp³-hybridized carbons (Fsp3) is 0.429. The van der Waals surface area contributed by atoms with Gasteiger partial charge >= 0.3 is 11.9 Å². The first-order valence-electron chi connectivity index (χ1n) is 5.98. The number of carbonyl (C=O) groups is 2. The van der Waals surface area contributed by atoms with Crippen molar-refractivity contribution < 1.29 is 19.8 Å². The van der Waals surface area contributed by atoms with Crippen LogP contribution < -0.4 is 0 Å². The van der Waals surface area contributed by atoms with Crippen molar-refractivity contribution in [3.63, 3.8) is 0 Å². The number of aliphatic carboxylic acids is 2. The fourth-order valence-electron chi connectivity index (χ4n) is 0.813. The average Bonchev–Trinajstić information content (AvgIpc) is 2.32. The maximum absolute atomic E-state index is 9.60. The molecule has 4 heteroatoms. The summed E-state index contributed by atoms with van der Waals surface area (Å²) in [6.07, 6.45) is 2.05. The van der Waals surface area contributed by atoms with Crippen LogP contribution in [0.2, 0.25) is 0 Å². The number of hydrogen-bond acceptors (Lipinski definition) is 2. The lowest BCUT2D eigenvalue weighted by atomic mass is 10.4. The fourth-order valence-corrected chi connectivity index (χ4v) is 0.813. The molecule has 0 aliphatic rings.